The van der Waals surface area contributed by atoms with Crippen molar-refractivity contribution in [3.05, 3.63) is 0 Å². The van der Waals surface area contributed by atoms with Gasteiger partial charge in [0, 0.05) is 12.5 Å². The summed E-state index contributed by atoms with van der Waals surface area (Å²) in [6.07, 6.45) is 8.90. The quantitative estimate of drug-likeness (QED) is 0.761. The lowest BCUT2D eigenvalue weighted by atomic mass is 9.77. The lowest BCUT2D eigenvalue weighted by molar-refractivity contribution is -0.134. The third-order valence-corrected chi connectivity index (χ3v) is 4.21. The summed E-state index contributed by atoms with van der Waals surface area (Å²) in [5, 5.41) is 0. The van der Waals surface area contributed by atoms with Gasteiger partial charge in [-0.15, -0.1) is 0 Å². The summed E-state index contributed by atoms with van der Waals surface area (Å²) < 4.78 is 0. The minimum Gasteiger partial charge on any atom is -0.351 e. The van der Waals surface area contributed by atoms with Crippen LogP contribution in [0.4, 0.5) is 4.79 Å². The first kappa shape index (κ1) is 12.4. The van der Waals surface area contributed by atoms with E-state index in [1.54, 1.807) is 0 Å². The molecule has 4 nitrogen and oxygen atoms in total. The number of hydrogen-bond donors (Lipinski definition) is 1. The highest BCUT2D eigenvalue weighted by molar-refractivity contribution is 5.95. The van der Waals surface area contributed by atoms with E-state index in [1.165, 1.54) is 24.2 Å². The number of urea groups is 1. The van der Waals surface area contributed by atoms with Gasteiger partial charge < -0.3 is 5.73 Å². The van der Waals surface area contributed by atoms with Crippen molar-refractivity contribution < 1.29 is 9.59 Å². The van der Waals surface area contributed by atoms with Crippen LogP contribution in [0.15, 0.2) is 0 Å². The van der Waals surface area contributed by atoms with Gasteiger partial charge in [0.1, 0.15) is 0 Å². The summed E-state index contributed by atoms with van der Waals surface area (Å²) in [5.74, 6) is 0.517. The molecular formula is C13H22N2O2. The Bertz CT molecular complexity index is 298. The number of imide groups is 1. The van der Waals surface area contributed by atoms with E-state index in [0.717, 1.165) is 32.1 Å². The summed E-state index contributed by atoms with van der Waals surface area (Å²) >= 11 is 0. The van der Waals surface area contributed by atoms with E-state index in [-0.39, 0.29) is 11.8 Å². The van der Waals surface area contributed by atoms with Crippen LogP contribution in [-0.2, 0) is 4.79 Å². The summed E-state index contributed by atoms with van der Waals surface area (Å²) in [5.41, 5.74) is 5.28. The van der Waals surface area contributed by atoms with Crippen LogP contribution in [0.1, 0.15) is 51.4 Å². The zero-order valence-corrected chi connectivity index (χ0v) is 10.4. The Kier molecular flexibility index (Phi) is 4.02. The number of carbonyl (C=O) groups is 2. The van der Waals surface area contributed by atoms with Crippen molar-refractivity contribution in [3.63, 3.8) is 0 Å². The van der Waals surface area contributed by atoms with Crippen LogP contribution in [0.5, 0.6) is 0 Å². The maximum absolute atomic E-state index is 12.3. The minimum atomic E-state index is -0.572. The molecule has 1 saturated heterocycles. The third-order valence-electron chi connectivity index (χ3n) is 4.21. The molecule has 0 aromatic rings. The van der Waals surface area contributed by atoms with Gasteiger partial charge in [0.25, 0.3) is 0 Å². The molecule has 2 fully saturated rings. The number of primary amides is 1. The summed E-state index contributed by atoms with van der Waals surface area (Å²) in [6.45, 7) is 0.511. The van der Waals surface area contributed by atoms with Gasteiger partial charge in [-0.3, -0.25) is 9.69 Å². The molecule has 0 radical (unpaired) electrons. The van der Waals surface area contributed by atoms with Gasteiger partial charge in [-0.1, -0.05) is 25.7 Å². The van der Waals surface area contributed by atoms with E-state index < -0.39 is 6.03 Å². The molecule has 1 atom stereocenters. The van der Waals surface area contributed by atoms with Crippen LogP contribution in [0, 0.1) is 11.8 Å². The minimum absolute atomic E-state index is 0.0121. The van der Waals surface area contributed by atoms with Gasteiger partial charge >= 0.3 is 6.03 Å². The van der Waals surface area contributed by atoms with E-state index in [2.05, 4.69) is 0 Å². The molecule has 0 aromatic carbocycles. The second kappa shape index (κ2) is 5.52. The van der Waals surface area contributed by atoms with Crippen molar-refractivity contribution in [2.75, 3.05) is 6.54 Å². The molecule has 2 aliphatic rings. The predicted octanol–water partition coefficient (Wildman–Crippen LogP) is 2.27. The number of hydrogen-bond acceptors (Lipinski definition) is 2. The van der Waals surface area contributed by atoms with Crippen LogP contribution in [0.3, 0.4) is 0 Å². The lowest BCUT2D eigenvalue weighted by Gasteiger charge is -2.30. The van der Waals surface area contributed by atoms with Crippen LogP contribution in [0.2, 0.25) is 0 Å². The molecule has 0 bridgehead atoms. The molecule has 1 aliphatic carbocycles. The van der Waals surface area contributed by atoms with E-state index in [9.17, 15) is 9.59 Å². The first-order valence-electron chi connectivity index (χ1n) is 6.81. The standard InChI is InChI=1S/C13H22N2O2/c14-13(17)15-9-5-4-8-11(12(15)16)10-6-2-1-3-7-10/h10-11H,1-9H2,(H2,14,17). The van der Waals surface area contributed by atoms with Crippen molar-refractivity contribution in [1.82, 2.24) is 4.90 Å². The van der Waals surface area contributed by atoms with Crippen molar-refractivity contribution in [2.24, 2.45) is 17.6 Å². The van der Waals surface area contributed by atoms with Crippen LogP contribution >= 0.6 is 0 Å². The second-order valence-electron chi connectivity index (χ2n) is 5.33. The molecule has 2 N–H and O–H groups in total. The van der Waals surface area contributed by atoms with Gasteiger partial charge in [-0.25, -0.2) is 4.79 Å². The Hall–Kier alpha value is -1.06. The van der Waals surface area contributed by atoms with Gasteiger partial charge in [-0.2, -0.15) is 0 Å². The van der Waals surface area contributed by atoms with Gasteiger partial charge in [0.2, 0.25) is 5.91 Å². The van der Waals surface area contributed by atoms with E-state index in [4.69, 9.17) is 5.73 Å². The van der Waals surface area contributed by atoms with E-state index in [1.807, 2.05) is 0 Å². The molecule has 1 aliphatic heterocycles. The van der Waals surface area contributed by atoms with Crippen LogP contribution in [-0.4, -0.2) is 23.4 Å². The molecule has 4 heteroatoms. The fraction of sp³-hybridized carbons (Fsp3) is 0.846. The number of amides is 3. The normalized spacial score (nSPS) is 27.9. The van der Waals surface area contributed by atoms with Gasteiger partial charge in [-0.05, 0) is 31.6 Å². The Labute approximate surface area is 103 Å². The lowest BCUT2D eigenvalue weighted by Crippen LogP contribution is -2.44. The summed E-state index contributed by atoms with van der Waals surface area (Å²) in [6, 6.07) is -0.572. The van der Waals surface area contributed by atoms with Crippen LogP contribution < -0.4 is 5.73 Å². The van der Waals surface area contributed by atoms with Crippen molar-refractivity contribution in [1.29, 1.82) is 0 Å². The number of rotatable bonds is 1. The fourth-order valence-electron chi connectivity index (χ4n) is 3.26. The number of nitrogens with two attached hydrogens (primary N) is 1. The smallest absolute Gasteiger partial charge is 0.321 e. The molecule has 0 aromatic heterocycles. The Morgan fingerprint density at radius 3 is 2.35 bits per heavy atom. The molecule has 1 saturated carbocycles. The zero-order valence-electron chi connectivity index (χ0n) is 10.4. The van der Waals surface area contributed by atoms with Crippen molar-refractivity contribution in [3.8, 4) is 0 Å². The van der Waals surface area contributed by atoms with E-state index in [0.29, 0.717) is 12.5 Å². The zero-order chi connectivity index (χ0) is 12.3. The topological polar surface area (TPSA) is 63.4 Å². The van der Waals surface area contributed by atoms with Gasteiger partial charge in [0.05, 0.1) is 0 Å². The molecular weight excluding hydrogens is 216 g/mol. The Morgan fingerprint density at radius 1 is 1.06 bits per heavy atom. The number of likely N-dealkylation sites (tertiary alicyclic amines) is 1. The average molecular weight is 238 g/mol. The predicted molar refractivity (Wildman–Crippen MR) is 65.2 cm³/mol. The SMILES string of the molecule is NC(=O)N1CCCCC(C2CCCCC2)C1=O. The average Bonchev–Trinajstić information content (AvgIpc) is 2.52. The first-order valence-corrected chi connectivity index (χ1v) is 6.81. The maximum Gasteiger partial charge on any atom is 0.321 e. The number of carbonyl (C=O) groups excluding carboxylic acids is 2. The largest absolute Gasteiger partial charge is 0.351 e. The highest BCUT2D eigenvalue weighted by Crippen LogP contribution is 2.35. The second-order valence-corrected chi connectivity index (χ2v) is 5.33. The van der Waals surface area contributed by atoms with Crippen molar-refractivity contribution >= 4 is 11.9 Å². The number of nitrogens with zero attached hydrogens (tertiary/aromatic N) is 1. The van der Waals surface area contributed by atoms with E-state index >= 15 is 0 Å². The summed E-state index contributed by atoms with van der Waals surface area (Å²) in [7, 11) is 0. The fourth-order valence-corrected chi connectivity index (χ4v) is 3.26. The molecule has 1 heterocycles. The first-order chi connectivity index (χ1) is 8.20. The Morgan fingerprint density at radius 2 is 1.71 bits per heavy atom. The van der Waals surface area contributed by atoms with Crippen molar-refractivity contribution in [2.45, 2.75) is 51.4 Å². The molecule has 96 valence electrons. The Balaban J connectivity index is 2.08. The van der Waals surface area contributed by atoms with Crippen LogP contribution in [0.25, 0.3) is 0 Å². The molecule has 2 rings (SSSR count). The highest BCUT2D eigenvalue weighted by atomic mass is 16.2. The third kappa shape index (κ3) is 2.79. The maximum atomic E-state index is 12.3. The highest BCUT2D eigenvalue weighted by Gasteiger charge is 2.35. The molecule has 1 unspecified atom stereocenters. The molecule has 17 heavy (non-hydrogen) atoms. The molecule has 3 amide bonds. The monoisotopic (exact) mass is 238 g/mol. The summed E-state index contributed by atoms with van der Waals surface area (Å²) in [4.78, 5) is 24.9. The van der Waals surface area contributed by atoms with Gasteiger partial charge in [0.15, 0.2) is 0 Å². The molecule has 0 spiro atoms.